The van der Waals surface area contributed by atoms with Gasteiger partial charge in [0.2, 0.25) is 5.91 Å². The number of carboxylic acid groups (broad SMARTS) is 1. The lowest BCUT2D eigenvalue weighted by molar-refractivity contribution is -0.142. The molecule has 2 aromatic rings. The number of carboxylic acids is 1. The zero-order valence-corrected chi connectivity index (χ0v) is 14.5. The lowest BCUT2D eigenvalue weighted by atomic mass is 10.0. The Morgan fingerprint density at radius 3 is 2.79 bits per heavy atom. The van der Waals surface area contributed by atoms with E-state index in [0.717, 1.165) is 22.6 Å². The average molecular weight is 366 g/mol. The predicted octanol–water partition coefficient (Wildman–Crippen LogP) is 3.38. The summed E-state index contributed by atoms with van der Waals surface area (Å²) in [6.45, 7) is 2.33. The van der Waals surface area contributed by atoms with Gasteiger partial charge in [-0.25, -0.2) is 4.79 Å². The number of rotatable bonds is 5. The molecule has 0 spiro atoms. The highest BCUT2D eigenvalue weighted by Gasteiger charge is 2.27. The van der Waals surface area contributed by atoms with Gasteiger partial charge in [0.1, 0.15) is 5.75 Å². The number of halogens is 1. The molecule has 1 aliphatic heterocycles. The third kappa shape index (κ3) is 3.39. The van der Waals surface area contributed by atoms with Crippen LogP contribution < -0.4 is 10.1 Å². The van der Waals surface area contributed by atoms with Crippen LogP contribution in [0.3, 0.4) is 0 Å². The normalized spacial score (nSPS) is 15.2. The molecule has 0 saturated carbocycles. The first-order chi connectivity index (χ1) is 11.5. The van der Waals surface area contributed by atoms with E-state index >= 15 is 0 Å². The molecule has 1 amide bonds. The highest BCUT2D eigenvalue weighted by molar-refractivity contribution is 7.16. The van der Waals surface area contributed by atoms with Crippen molar-refractivity contribution in [1.82, 2.24) is 5.32 Å². The molecule has 2 atom stereocenters. The molecule has 1 aliphatic rings. The second-order valence-corrected chi connectivity index (χ2v) is 7.36. The molecule has 24 heavy (non-hydrogen) atoms. The smallest absolute Gasteiger partial charge is 0.330 e. The van der Waals surface area contributed by atoms with Gasteiger partial charge in [0.05, 0.1) is 16.9 Å². The van der Waals surface area contributed by atoms with Crippen LogP contribution in [0, 0.1) is 0 Å². The van der Waals surface area contributed by atoms with Crippen molar-refractivity contribution in [1.29, 1.82) is 0 Å². The molecule has 3 rings (SSSR count). The van der Waals surface area contributed by atoms with Gasteiger partial charge in [-0.3, -0.25) is 4.79 Å². The summed E-state index contributed by atoms with van der Waals surface area (Å²) in [5.74, 6) is -1.14. The standard InChI is InChI=1S/C17H16ClNO4S/c1-9(13-4-5-14(18)24-13)16(20)19-15(17(21)22)11-2-3-12-10(8-11)6-7-23-12/h2-5,8-9,15H,6-7H2,1H3,(H,19,20)(H,21,22). The van der Waals surface area contributed by atoms with Crippen LogP contribution in [0.2, 0.25) is 4.34 Å². The molecule has 7 heteroatoms. The Hall–Kier alpha value is -2.05. The van der Waals surface area contributed by atoms with Gasteiger partial charge in [-0.05, 0) is 42.3 Å². The maximum absolute atomic E-state index is 12.4. The van der Waals surface area contributed by atoms with Crippen molar-refractivity contribution >= 4 is 34.8 Å². The highest BCUT2D eigenvalue weighted by atomic mass is 35.5. The number of carbonyl (C=O) groups is 2. The lowest BCUT2D eigenvalue weighted by Crippen LogP contribution is -2.36. The zero-order chi connectivity index (χ0) is 17.3. The minimum atomic E-state index is -1.10. The number of thiophene rings is 1. The van der Waals surface area contributed by atoms with Gasteiger partial charge in [-0.15, -0.1) is 11.3 Å². The minimum Gasteiger partial charge on any atom is -0.493 e. The molecule has 5 nitrogen and oxygen atoms in total. The third-order valence-electron chi connectivity index (χ3n) is 3.99. The lowest BCUT2D eigenvalue weighted by Gasteiger charge is -2.18. The van der Waals surface area contributed by atoms with Crippen molar-refractivity contribution in [3.8, 4) is 5.75 Å². The van der Waals surface area contributed by atoms with Crippen LogP contribution in [0.5, 0.6) is 5.75 Å². The van der Waals surface area contributed by atoms with E-state index in [1.54, 1.807) is 37.3 Å². The molecular weight excluding hydrogens is 350 g/mol. The SMILES string of the molecule is CC(C(=O)NC(C(=O)O)c1ccc2c(c1)CCO2)c1ccc(Cl)s1. The van der Waals surface area contributed by atoms with E-state index in [1.807, 2.05) is 0 Å². The maximum atomic E-state index is 12.4. The summed E-state index contributed by atoms with van der Waals surface area (Å²) in [5.41, 5.74) is 1.50. The van der Waals surface area contributed by atoms with Gasteiger partial charge in [0, 0.05) is 11.3 Å². The molecule has 126 valence electrons. The van der Waals surface area contributed by atoms with E-state index in [-0.39, 0.29) is 5.91 Å². The molecule has 0 radical (unpaired) electrons. The van der Waals surface area contributed by atoms with Crippen LogP contribution >= 0.6 is 22.9 Å². The first kappa shape index (κ1) is 16.8. The van der Waals surface area contributed by atoms with Crippen molar-refractivity contribution in [2.45, 2.75) is 25.3 Å². The Bertz CT molecular complexity index is 789. The summed E-state index contributed by atoms with van der Waals surface area (Å²) in [6, 6.07) is 7.62. The van der Waals surface area contributed by atoms with E-state index in [4.69, 9.17) is 16.3 Å². The van der Waals surface area contributed by atoms with E-state index < -0.39 is 17.9 Å². The maximum Gasteiger partial charge on any atom is 0.330 e. The van der Waals surface area contributed by atoms with Crippen LogP contribution in [-0.4, -0.2) is 23.6 Å². The number of nitrogens with one attached hydrogen (secondary N) is 1. The van der Waals surface area contributed by atoms with Crippen molar-refractivity contribution in [3.63, 3.8) is 0 Å². The Kier molecular flexibility index (Phi) is 4.78. The molecular formula is C17H16ClNO4S. The van der Waals surface area contributed by atoms with E-state index in [9.17, 15) is 14.7 Å². The van der Waals surface area contributed by atoms with Gasteiger partial charge >= 0.3 is 5.97 Å². The van der Waals surface area contributed by atoms with Crippen LogP contribution in [-0.2, 0) is 16.0 Å². The van der Waals surface area contributed by atoms with Gasteiger partial charge in [0.15, 0.2) is 6.04 Å². The first-order valence-electron chi connectivity index (χ1n) is 7.49. The Morgan fingerprint density at radius 1 is 1.33 bits per heavy atom. The molecule has 2 heterocycles. The number of aliphatic carboxylic acids is 1. The highest BCUT2D eigenvalue weighted by Crippen LogP contribution is 2.30. The van der Waals surface area contributed by atoms with Crippen LogP contribution in [0.15, 0.2) is 30.3 Å². The second-order valence-electron chi connectivity index (χ2n) is 5.61. The first-order valence-corrected chi connectivity index (χ1v) is 8.69. The van der Waals surface area contributed by atoms with Crippen molar-refractivity contribution in [3.05, 3.63) is 50.7 Å². The van der Waals surface area contributed by atoms with Crippen molar-refractivity contribution < 1.29 is 19.4 Å². The van der Waals surface area contributed by atoms with Crippen LogP contribution in [0.4, 0.5) is 0 Å². The molecule has 0 aliphatic carbocycles. The second kappa shape index (κ2) is 6.83. The molecule has 0 bridgehead atoms. The van der Waals surface area contributed by atoms with Crippen molar-refractivity contribution in [2.75, 3.05) is 6.61 Å². The summed E-state index contributed by atoms with van der Waals surface area (Å²) in [6.07, 6.45) is 0.744. The van der Waals surface area contributed by atoms with E-state index in [2.05, 4.69) is 5.32 Å². The molecule has 0 fully saturated rings. The number of hydrogen-bond donors (Lipinski definition) is 2. The zero-order valence-electron chi connectivity index (χ0n) is 12.9. The number of ether oxygens (including phenoxy) is 1. The molecule has 1 aromatic heterocycles. The fraction of sp³-hybridized carbons (Fsp3) is 0.294. The fourth-order valence-electron chi connectivity index (χ4n) is 2.63. The van der Waals surface area contributed by atoms with Crippen LogP contribution in [0.1, 0.15) is 34.9 Å². The summed E-state index contributed by atoms with van der Waals surface area (Å²) < 4.78 is 6.02. The van der Waals surface area contributed by atoms with Crippen LogP contribution in [0.25, 0.3) is 0 Å². The molecule has 2 unspecified atom stereocenters. The molecule has 1 aromatic carbocycles. The van der Waals surface area contributed by atoms with Gasteiger partial charge in [0.25, 0.3) is 0 Å². The van der Waals surface area contributed by atoms with E-state index in [1.165, 1.54) is 11.3 Å². The third-order valence-corrected chi connectivity index (χ3v) is 5.41. The summed E-state index contributed by atoms with van der Waals surface area (Å²) >= 11 is 7.21. The number of amides is 1. The number of carbonyl (C=O) groups excluding carboxylic acids is 1. The number of fused-ring (bicyclic) bond motifs is 1. The minimum absolute atomic E-state index is 0.349. The summed E-state index contributed by atoms with van der Waals surface area (Å²) in [4.78, 5) is 24.9. The van der Waals surface area contributed by atoms with Gasteiger partial charge in [-0.2, -0.15) is 0 Å². The largest absolute Gasteiger partial charge is 0.493 e. The summed E-state index contributed by atoms with van der Waals surface area (Å²) in [5, 5.41) is 12.1. The Balaban J connectivity index is 1.79. The van der Waals surface area contributed by atoms with Crippen molar-refractivity contribution in [2.24, 2.45) is 0 Å². The topological polar surface area (TPSA) is 75.6 Å². The Labute approximate surface area is 148 Å². The van der Waals surface area contributed by atoms with Gasteiger partial charge in [-0.1, -0.05) is 17.7 Å². The fourth-order valence-corrected chi connectivity index (χ4v) is 3.74. The number of benzene rings is 1. The quantitative estimate of drug-likeness (QED) is 0.851. The molecule has 0 saturated heterocycles. The summed E-state index contributed by atoms with van der Waals surface area (Å²) in [7, 11) is 0. The van der Waals surface area contributed by atoms with Gasteiger partial charge < -0.3 is 15.2 Å². The number of hydrogen-bond acceptors (Lipinski definition) is 4. The predicted molar refractivity (Wildman–Crippen MR) is 91.9 cm³/mol. The average Bonchev–Trinajstić information content (AvgIpc) is 3.19. The Morgan fingerprint density at radius 2 is 2.12 bits per heavy atom. The van der Waals surface area contributed by atoms with E-state index in [0.29, 0.717) is 16.5 Å². The molecule has 2 N–H and O–H groups in total. The monoisotopic (exact) mass is 365 g/mol.